The van der Waals surface area contributed by atoms with Gasteiger partial charge in [-0.25, -0.2) is 0 Å². The highest BCUT2D eigenvalue weighted by Crippen LogP contribution is 2.13. The maximum atomic E-state index is 11.3. The topological polar surface area (TPSA) is 32.3 Å². The van der Waals surface area contributed by atoms with Gasteiger partial charge in [0.1, 0.15) is 0 Å². The molecule has 1 aliphatic heterocycles. The van der Waals surface area contributed by atoms with E-state index in [0.29, 0.717) is 6.54 Å². The van der Waals surface area contributed by atoms with E-state index in [1.165, 1.54) is 0 Å². The minimum absolute atomic E-state index is 0.0147. The van der Waals surface area contributed by atoms with Crippen molar-refractivity contribution in [3.05, 3.63) is 0 Å². The Hall–Kier alpha value is -0.570. The Labute approximate surface area is 81.5 Å². The van der Waals surface area contributed by atoms with Crippen molar-refractivity contribution < 1.29 is 4.79 Å². The van der Waals surface area contributed by atoms with E-state index in [9.17, 15) is 4.79 Å². The lowest BCUT2D eigenvalue weighted by molar-refractivity contribution is -0.136. The average molecular weight is 186 g/mol. The number of hydrogen-bond acceptors (Lipinski definition) is 2. The van der Waals surface area contributed by atoms with E-state index in [4.69, 9.17) is 0 Å². The molecule has 0 radical (unpaired) electrons. The van der Waals surface area contributed by atoms with Gasteiger partial charge >= 0.3 is 0 Å². The van der Waals surface area contributed by atoms with Gasteiger partial charge in [0, 0.05) is 18.6 Å². The van der Waals surface area contributed by atoms with Gasteiger partial charge in [0.2, 0.25) is 5.91 Å². The Morgan fingerprint density at radius 3 is 2.15 bits per heavy atom. The van der Waals surface area contributed by atoms with Gasteiger partial charge in [0.25, 0.3) is 0 Å². The third kappa shape index (κ3) is 3.77. The Morgan fingerprint density at radius 1 is 1.31 bits per heavy atom. The number of rotatable bonds is 0. The van der Waals surface area contributed by atoms with Gasteiger partial charge in [-0.3, -0.25) is 4.79 Å². The molecule has 0 atom stereocenters. The van der Waals surface area contributed by atoms with Gasteiger partial charge < -0.3 is 10.2 Å². The fraction of sp³-hybridized carbons (Fsp3) is 0.900. The Morgan fingerprint density at radius 2 is 1.85 bits per heavy atom. The van der Waals surface area contributed by atoms with Crippen LogP contribution in [0.3, 0.4) is 0 Å². The summed E-state index contributed by atoms with van der Waals surface area (Å²) in [4.78, 5) is 13.2. The number of amides is 1. The molecule has 1 aliphatic rings. The molecule has 3 heteroatoms. The van der Waals surface area contributed by atoms with Gasteiger partial charge in [-0.05, 0) is 20.8 Å². The minimum atomic E-state index is -0.0147. The minimum Gasteiger partial charge on any atom is -0.335 e. The van der Waals surface area contributed by atoms with Crippen LogP contribution >= 0.6 is 0 Å². The normalized spacial score (nSPS) is 17.9. The molecule has 1 saturated heterocycles. The first-order valence-corrected chi connectivity index (χ1v) is 5.03. The van der Waals surface area contributed by atoms with E-state index in [0.717, 1.165) is 13.1 Å². The van der Waals surface area contributed by atoms with Crippen LogP contribution in [0, 0.1) is 0 Å². The molecular weight excluding hydrogens is 164 g/mol. The monoisotopic (exact) mass is 186 g/mol. The van der Waals surface area contributed by atoms with Crippen LogP contribution in [0.25, 0.3) is 0 Å². The van der Waals surface area contributed by atoms with E-state index >= 15 is 0 Å². The summed E-state index contributed by atoms with van der Waals surface area (Å²) in [6.07, 6.45) is 0. The predicted octanol–water partition coefficient (Wildman–Crippen LogP) is 1.24. The summed E-state index contributed by atoms with van der Waals surface area (Å²) < 4.78 is 0. The van der Waals surface area contributed by atoms with Crippen molar-refractivity contribution in [2.75, 3.05) is 19.6 Å². The highest BCUT2D eigenvalue weighted by atomic mass is 16.2. The molecule has 0 aromatic heterocycles. The molecule has 0 aromatic carbocycles. The van der Waals surface area contributed by atoms with E-state index < -0.39 is 0 Å². The molecule has 0 bridgehead atoms. The Balaban J connectivity index is 0.000000671. The van der Waals surface area contributed by atoms with Crippen LogP contribution in [0.15, 0.2) is 0 Å². The zero-order chi connectivity index (χ0) is 10.5. The van der Waals surface area contributed by atoms with Crippen molar-refractivity contribution in [2.45, 2.75) is 40.2 Å². The van der Waals surface area contributed by atoms with Crippen LogP contribution < -0.4 is 5.32 Å². The fourth-order valence-electron chi connectivity index (χ4n) is 1.32. The van der Waals surface area contributed by atoms with Crippen molar-refractivity contribution in [1.82, 2.24) is 10.2 Å². The molecule has 1 heterocycles. The lowest BCUT2D eigenvalue weighted by Crippen LogP contribution is -2.55. The summed E-state index contributed by atoms with van der Waals surface area (Å²) in [7, 11) is 0. The van der Waals surface area contributed by atoms with Crippen molar-refractivity contribution in [3.8, 4) is 0 Å². The molecule has 1 rings (SSSR count). The van der Waals surface area contributed by atoms with Crippen molar-refractivity contribution in [3.63, 3.8) is 0 Å². The zero-order valence-corrected chi connectivity index (χ0v) is 9.48. The summed E-state index contributed by atoms with van der Waals surface area (Å²) in [6, 6.07) is 0. The lowest BCUT2D eigenvalue weighted by Gasteiger charge is -2.38. The van der Waals surface area contributed by atoms with Crippen LogP contribution in [0.5, 0.6) is 0 Å². The second-order valence-corrected chi connectivity index (χ2v) is 3.89. The number of carbonyl (C=O) groups excluding carboxylic acids is 1. The van der Waals surface area contributed by atoms with E-state index in [2.05, 4.69) is 26.1 Å². The third-order valence-corrected chi connectivity index (χ3v) is 1.90. The van der Waals surface area contributed by atoms with E-state index in [1.54, 1.807) is 0 Å². The lowest BCUT2D eigenvalue weighted by atomic mass is 10.1. The molecule has 0 aromatic rings. The number of hydrogen-bond donors (Lipinski definition) is 1. The van der Waals surface area contributed by atoms with Gasteiger partial charge in [-0.2, -0.15) is 0 Å². The van der Waals surface area contributed by atoms with Gasteiger partial charge in [0.05, 0.1) is 6.54 Å². The average Bonchev–Trinajstić information content (AvgIpc) is 2.07. The maximum Gasteiger partial charge on any atom is 0.237 e. The maximum absolute atomic E-state index is 11.3. The van der Waals surface area contributed by atoms with Crippen molar-refractivity contribution >= 4 is 5.91 Å². The predicted molar refractivity (Wildman–Crippen MR) is 55.7 cm³/mol. The van der Waals surface area contributed by atoms with Crippen LogP contribution in [0.2, 0.25) is 0 Å². The molecule has 1 fully saturated rings. The Kier molecular flexibility index (Phi) is 4.99. The first-order valence-electron chi connectivity index (χ1n) is 5.03. The van der Waals surface area contributed by atoms with Crippen molar-refractivity contribution in [1.29, 1.82) is 0 Å². The molecule has 0 spiro atoms. The molecular formula is C10H22N2O. The first-order chi connectivity index (χ1) is 6.02. The smallest absolute Gasteiger partial charge is 0.237 e. The molecule has 1 amide bonds. The third-order valence-electron chi connectivity index (χ3n) is 1.90. The van der Waals surface area contributed by atoms with Gasteiger partial charge in [-0.1, -0.05) is 13.8 Å². The largest absolute Gasteiger partial charge is 0.335 e. The molecule has 13 heavy (non-hydrogen) atoms. The molecule has 0 unspecified atom stereocenters. The zero-order valence-electron chi connectivity index (χ0n) is 9.48. The Bertz CT molecular complexity index is 161. The number of piperazine rings is 1. The first kappa shape index (κ1) is 12.4. The van der Waals surface area contributed by atoms with Crippen LogP contribution in [0.4, 0.5) is 0 Å². The summed E-state index contributed by atoms with van der Waals surface area (Å²) in [5.74, 6) is 0.212. The molecule has 3 nitrogen and oxygen atoms in total. The standard InChI is InChI=1S/C8H16N2O.C2H6/c1-8(2,3)10-5-4-9-6-7(10)11;1-2/h9H,4-6H2,1-3H3;1-2H3. The number of nitrogens with one attached hydrogen (secondary N) is 1. The summed E-state index contributed by atoms with van der Waals surface area (Å²) in [5, 5.41) is 3.05. The quantitative estimate of drug-likeness (QED) is 0.617. The summed E-state index contributed by atoms with van der Waals surface area (Å²) >= 11 is 0. The molecule has 1 N–H and O–H groups in total. The van der Waals surface area contributed by atoms with Gasteiger partial charge in [0.15, 0.2) is 0 Å². The highest BCUT2D eigenvalue weighted by molar-refractivity contribution is 5.79. The molecule has 0 aliphatic carbocycles. The fourth-order valence-corrected chi connectivity index (χ4v) is 1.32. The summed E-state index contributed by atoms with van der Waals surface area (Å²) in [5.41, 5.74) is -0.0147. The van der Waals surface area contributed by atoms with E-state index in [1.807, 2.05) is 18.7 Å². The SMILES string of the molecule is CC.CC(C)(C)N1CCNCC1=O. The second kappa shape index (κ2) is 5.22. The summed E-state index contributed by atoms with van der Waals surface area (Å²) in [6.45, 7) is 12.4. The number of carbonyl (C=O) groups is 1. The van der Waals surface area contributed by atoms with E-state index in [-0.39, 0.29) is 11.4 Å². The van der Waals surface area contributed by atoms with Crippen LogP contribution in [-0.4, -0.2) is 36.0 Å². The second-order valence-electron chi connectivity index (χ2n) is 3.89. The van der Waals surface area contributed by atoms with Crippen molar-refractivity contribution in [2.24, 2.45) is 0 Å². The highest BCUT2D eigenvalue weighted by Gasteiger charge is 2.27. The van der Waals surface area contributed by atoms with Gasteiger partial charge in [-0.15, -0.1) is 0 Å². The molecule has 0 saturated carbocycles. The molecule has 78 valence electrons. The van der Waals surface area contributed by atoms with Crippen LogP contribution in [0.1, 0.15) is 34.6 Å². The number of nitrogens with zero attached hydrogens (tertiary/aromatic N) is 1. The van der Waals surface area contributed by atoms with Crippen LogP contribution in [-0.2, 0) is 4.79 Å².